The first-order chi connectivity index (χ1) is 28.7. The van der Waals surface area contributed by atoms with E-state index in [1.807, 2.05) is 97.1 Å². The highest BCUT2D eigenvalue weighted by molar-refractivity contribution is 5.79. The van der Waals surface area contributed by atoms with Gasteiger partial charge in [-0.15, -0.1) is 0 Å². The molecule has 14 heteroatoms. The number of benzene rings is 4. The second-order valence-electron chi connectivity index (χ2n) is 15.3. The lowest BCUT2D eigenvalue weighted by Gasteiger charge is -2.24. The number of carbonyl (C=O) groups is 2. The van der Waals surface area contributed by atoms with Crippen LogP contribution in [-0.2, 0) is 53.1 Å². The van der Waals surface area contributed by atoms with Gasteiger partial charge in [-0.25, -0.2) is 28.5 Å². The molecule has 60 heavy (non-hydrogen) atoms. The third kappa shape index (κ3) is 13.4. The van der Waals surface area contributed by atoms with Crippen molar-refractivity contribution in [1.29, 1.82) is 0 Å². The van der Waals surface area contributed by atoms with Crippen LogP contribution < -0.4 is 20.9 Å². The number of aryl methyl sites for hydroxylation is 4. The standard InChI is InChI=1S/C24H29N3O4.C22H25N3O4/c1-4-30-22(28)24(2,3)31-20-15-13-18(14-16-20)11-8-12-21-25-23(29)27(26-21)17-19-9-6-5-7-10-19;1-22(2,20(26)27)29-18-13-11-16(12-14-18)9-6-10-19-23-21(28)25(24-19)15-17-7-4-3-5-8-17/h5-7,9-10,13-16H,4,8,11-12,17H2,1-3H3,(H,25,26,29);3-5,7-8,11-14H,6,9-10,15H2,1-2H3,(H,26,27)(H,23,24,28). The van der Waals surface area contributed by atoms with Crippen LogP contribution in [-0.4, -0.2) is 64.4 Å². The summed E-state index contributed by atoms with van der Waals surface area (Å²) in [6.45, 7) is 9.41. The van der Waals surface area contributed by atoms with Gasteiger partial charge in [0.15, 0.2) is 11.2 Å². The van der Waals surface area contributed by atoms with E-state index < -0.39 is 17.2 Å². The summed E-state index contributed by atoms with van der Waals surface area (Å²) in [5.41, 5.74) is 1.62. The Morgan fingerprint density at radius 3 is 1.37 bits per heavy atom. The van der Waals surface area contributed by atoms with Crippen molar-refractivity contribution in [3.8, 4) is 11.5 Å². The molecule has 4 aromatic carbocycles. The summed E-state index contributed by atoms with van der Waals surface area (Å²) in [5.74, 6) is 1.10. The molecular formula is C46H54N6O8. The highest BCUT2D eigenvalue weighted by Gasteiger charge is 2.31. The van der Waals surface area contributed by atoms with E-state index in [0.717, 1.165) is 47.9 Å². The van der Waals surface area contributed by atoms with Gasteiger partial charge < -0.3 is 19.3 Å². The Morgan fingerprint density at radius 1 is 0.583 bits per heavy atom. The van der Waals surface area contributed by atoms with Crippen molar-refractivity contribution in [2.45, 2.75) is 97.4 Å². The molecule has 2 aromatic heterocycles. The number of nitrogens with zero attached hydrogens (tertiary/aromatic N) is 4. The van der Waals surface area contributed by atoms with E-state index in [1.165, 1.54) is 23.2 Å². The van der Waals surface area contributed by atoms with Crippen molar-refractivity contribution in [2.75, 3.05) is 6.61 Å². The minimum atomic E-state index is -1.27. The molecule has 0 aliphatic heterocycles. The second kappa shape index (κ2) is 20.8. The first-order valence-corrected chi connectivity index (χ1v) is 20.1. The molecule has 6 rings (SSSR count). The number of carboxylic acid groups (broad SMARTS) is 1. The van der Waals surface area contributed by atoms with Gasteiger partial charge in [-0.05, 0) is 107 Å². The Kier molecular flexibility index (Phi) is 15.4. The molecule has 6 aromatic rings. The number of H-pyrrole nitrogens is 2. The van der Waals surface area contributed by atoms with Crippen LogP contribution in [0.15, 0.2) is 119 Å². The van der Waals surface area contributed by atoms with Crippen molar-refractivity contribution in [3.63, 3.8) is 0 Å². The number of carboxylic acids is 1. The molecule has 3 N–H and O–H groups in total. The van der Waals surface area contributed by atoms with E-state index >= 15 is 0 Å². The Balaban J connectivity index is 0.000000228. The number of hydrogen-bond donors (Lipinski definition) is 3. The van der Waals surface area contributed by atoms with E-state index in [-0.39, 0.29) is 17.3 Å². The van der Waals surface area contributed by atoms with Gasteiger partial charge in [0.1, 0.15) is 23.1 Å². The van der Waals surface area contributed by atoms with Gasteiger partial charge in [0.2, 0.25) is 0 Å². The molecule has 14 nitrogen and oxygen atoms in total. The molecule has 316 valence electrons. The Morgan fingerprint density at radius 2 is 0.983 bits per heavy atom. The topological polar surface area (TPSA) is 183 Å². The zero-order valence-corrected chi connectivity index (χ0v) is 34.9. The predicted octanol–water partition coefficient (Wildman–Crippen LogP) is 6.55. The van der Waals surface area contributed by atoms with Crippen molar-refractivity contribution in [2.24, 2.45) is 0 Å². The van der Waals surface area contributed by atoms with E-state index in [0.29, 0.717) is 55.7 Å². The lowest BCUT2D eigenvalue weighted by atomic mass is 10.1. The number of aliphatic carboxylic acids is 1. The summed E-state index contributed by atoms with van der Waals surface area (Å²) in [6.07, 6.45) is 4.70. The molecule has 0 radical (unpaired) electrons. The second-order valence-corrected chi connectivity index (χ2v) is 15.3. The maximum absolute atomic E-state index is 12.1. The van der Waals surface area contributed by atoms with Crippen LogP contribution in [0, 0.1) is 0 Å². The van der Waals surface area contributed by atoms with Gasteiger partial charge >= 0.3 is 23.3 Å². The number of aromatic amines is 2. The van der Waals surface area contributed by atoms with Gasteiger partial charge in [-0.3, -0.25) is 9.97 Å². The van der Waals surface area contributed by atoms with E-state index in [2.05, 4.69) is 20.2 Å². The normalized spacial score (nSPS) is 11.3. The summed E-state index contributed by atoms with van der Waals surface area (Å²) in [6, 6.07) is 34.6. The largest absolute Gasteiger partial charge is 0.478 e. The molecule has 0 bridgehead atoms. The Bertz CT molecular complexity index is 2380. The SMILES string of the molecule is CC(C)(Oc1ccc(CCCc2nn(Cc3ccccc3)c(=O)[nH]2)cc1)C(=O)O.CCOC(=O)C(C)(C)Oc1ccc(CCCc2nn(Cc3ccccc3)c(=O)[nH]2)cc1. The molecule has 0 aliphatic carbocycles. The van der Waals surface area contributed by atoms with Crippen LogP contribution >= 0.6 is 0 Å². The molecular weight excluding hydrogens is 765 g/mol. The van der Waals surface area contributed by atoms with E-state index in [4.69, 9.17) is 19.3 Å². The highest BCUT2D eigenvalue weighted by atomic mass is 16.6. The Hall–Kier alpha value is -6.70. The zero-order chi connectivity index (χ0) is 43.1. The minimum Gasteiger partial charge on any atom is -0.478 e. The molecule has 0 spiro atoms. The van der Waals surface area contributed by atoms with Crippen molar-refractivity contribution in [1.82, 2.24) is 29.5 Å². The highest BCUT2D eigenvalue weighted by Crippen LogP contribution is 2.22. The maximum atomic E-state index is 12.1. The van der Waals surface area contributed by atoms with Crippen LogP contribution in [0.4, 0.5) is 0 Å². The first-order valence-electron chi connectivity index (χ1n) is 20.1. The molecule has 2 heterocycles. The van der Waals surface area contributed by atoms with Gasteiger partial charge in [-0.1, -0.05) is 84.9 Å². The Labute approximate surface area is 349 Å². The summed E-state index contributed by atoms with van der Waals surface area (Å²) >= 11 is 0. The summed E-state index contributed by atoms with van der Waals surface area (Å²) < 4.78 is 19.2. The zero-order valence-electron chi connectivity index (χ0n) is 34.9. The fourth-order valence-electron chi connectivity index (χ4n) is 6.11. The fourth-order valence-corrected chi connectivity index (χ4v) is 6.11. The smallest absolute Gasteiger partial charge is 0.349 e. The number of aromatic nitrogens is 6. The number of hydrogen-bond acceptors (Lipinski definition) is 9. The number of carbonyl (C=O) groups excluding carboxylic acids is 1. The van der Waals surface area contributed by atoms with Gasteiger partial charge in [-0.2, -0.15) is 10.2 Å². The third-order valence-corrected chi connectivity index (χ3v) is 9.44. The van der Waals surface area contributed by atoms with Crippen molar-refractivity contribution in [3.05, 3.63) is 164 Å². The van der Waals surface area contributed by atoms with Crippen molar-refractivity contribution < 1.29 is 28.9 Å². The van der Waals surface area contributed by atoms with Gasteiger partial charge in [0.05, 0.1) is 19.7 Å². The van der Waals surface area contributed by atoms with Crippen LogP contribution in [0.5, 0.6) is 11.5 Å². The molecule has 0 saturated carbocycles. The van der Waals surface area contributed by atoms with Gasteiger partial charge in [0.25, 0.3) is 0 Å². The van der Waals surface area contributed by atoms with Crippen LogP contribution in [0.25, 0.3) is 0 Å². The van der Waals surface area contributed by atoms with Gasteiger partial charge in [0, 0.05) is 12.8 Å². The molecule has 0 aliphatic rings. The molecule has 0 unspecified atom stereocenters. The lowest BCUT2D eigenvalue weighted by molar-refractivity contribution is -0.158. The number of ether oxygens (including phenoxy) is 3. The summed E-state index contributed by atoms with van der Waals surface area (Å²) in [4.78, 5) is 52.9. The monoisotopic (exact) mass is 818 g/mol. The minimum absolute atomic E-state index is 0.190. The third-order valence-electron chi connectivity index (χ3n) is 9.44. The van der Waals surface area contributed by atoms with E-state index in [9.17, 15) is 19.2 Å². The average molecular weight is 819 g/mol. The summed E-state index contributed by atoms with van der Waals surface area (Å²) in [5, 5.41) is 17.9. The molecule has 0 amide bonds. The van der Waals surface area contributed by atoms with Crippen LogP contribution in [0.2, 0.25) is 0 Å². The predicted molar refractivity (Wildman–Crippen MR) is 227 cm³/mol. The lowest BCUT2D eigenvalue weighted by Crippen LogP contribution is -2.39. The maximum Gasteiger partial charge on any atom is 0.349 e. The molecule has 0 atom stereocenters. The van der Waals surface area contributed by atoms with Crippen LogP contribution in [0.3, 0.4) is 0 Å². The first kappa shape index (κ1) is 44.4. The number of rotatable bonds is 19. The van der Waals surface area contributed by atoms with E-state index in [1.54, 1.807) is 32.9 Å². The molecule has 0 fully saturated rings. The van der Waals surface area contributed by atoms with Crippen molar-refractivity contribution >= 4 is 11.9 Å². The quantitative estimate of drug-likeness (QED) is 0.0758. The summed E-state index contributed by atoms with van der Waals surface area (Å²) in [7, 11) is 0. The fraction of sp³-hybridized carbons (Fsp3) is 0.348. The number of esters is 1. The van der Waals surface area contributed by atoms with Crippen LogP contribution in [0.1, 0.15) is 81.4 Å². The number of nitrogens with one attached hydrogen (secondary N) is 2. The average Bonchev–Trinajstić information content (AvgIpc) is 3.75. The molecule has 0 saturated heterocycles.